The number of pyridine rings is 1. The number of ether oxygens (including phenoxy) is 1. The van der Waals surface area contributed by atoms with Gasteiger partial charge in [0.2, 0.25) is 5.88 Å². The lowest BCUT2D eigenvalue weighted by atomic mass is 10.2. The molecule has 1 amide bonds. The molecular formula is C18H11BrN4O3. The van der Waals surface area contributed by atoms with E-state index in [1.807, 2.05) is 0 Å². The molecule has 0 bridgehead atoms. The Morgan fingerprint density at radius 2 is 2.00 bits per heavy atom. The molecule has 0 aliphatic rings. The maximum atomic E-state index is 12.8. The summed E-state index contributed by atoms with van der Waals surface area (Å²) < 4.78 is 7.87. The van der Waals surface area contributed by atoms with Gasteiger partial charge in [0.25, 0.3) is 11.5 Å². The summed E-state index contributed by atoms with van der Waals surface area (Å²) in [4.78, 5) is 28.5. The summed E-state index contributed by atoms with van der Waals surface area (Å²) in [6.45, 7) is 0. The molecule has 0 radical (unpaired) electrons. The number of hydrogen-bond acceptors (Lipinski definition) is 5. The van der Waals surface area contributed by atoms with Gasteiger partial charge in [-0.05, 0) is 42.5 Å². The first kappa shape index (κ1) is 17.4. The quantitative estimate of drug-likeness (QED) is 0.524. The second-order valence-corrected chi connectivity index (χ2v) is 6.07. The van der Waals surface area contributed by atoms with Gasteiger partial charge >= 0.3 is 0 Å². The molecule has 2 aromatic heterocycles. The van der Waals surface area contributed by atoms with Gasteiger partial charge in [-0.15, -0.1) is 0 Å². The van der Waals surface area contributed by atoms with Crippen molar-refractivity contribution in [2.24, 2.45) is 5.73 Å². The minimum absolute atomic E-state index is 0.0301. The molecule has 128 valence electrons. The molecule has 0 aliphatic carbocycles. The van der Waals surface area contributed by atoms with Crippen LogP contribution in [0.1, 0.15) is 5.56 Å². The van der Waals surface area contributed by atoms with Crippen LogP contribution in [-0.2, 0) is 4.79 Å². The summed E-state index contributed by atoms with van der Waals surface area (Å²) in [6.07, 6.45) is 2.62. The number of carbonyl (C=O) groups excluding carboxylic acids is 1. The number of fused-ring (bicyclic) bond motifs is 1. The van der Waals surface area contributed by atoms with Gasteiger partial charge in [0.1, 0.15) is 28.6 Å². The molecule has 2 N–H and O–H groups in total. The number of aromatic nitrogens is 2. The largest absolute Gasteiger partial charge is 0.438 e. The topological polar surface area (TPSA) is 110 Å². The number of nitrogens with zero attached hydrogens (tertiary/aromatic N) is 3. The van der Waals surface area contributed by atoms with Crippen LogP contribution < -0.4 is 16.0 Å². The zero-order valence-corrected chi connectivity index (χ0v) is 14.8. The molecule has 0 spiro atoms. The summed E-state index contributed by atoms with van der Waals surface area (Å²) in [5, 5.41) is 9.08. The maximum absolute atomic E-state index is 12.8. The Bertz CT molecular complexity index is 1130. The van der Waals surface area contributed by atoms with Gasteiger partial charge in [-0.25, -0.2) is 0 Å². The lowest BCUT2D eigenvalue weighted by molar-refractivity contribution is -0.114. The first-order chi connectivity index (χ1) is 12.5. The van der Waals surface area contributed by atoms with Crippen LogP contribution in [0.3, 0.4) is 0 Å². The van der Waals surface area contributed by atoms with Crippen molar-refractivity contribution in [2.45, 2.75) is 0 Å². The normalized spacial score (nSPS) is 11.2. The van der Waals surface area contributed by atoms with E-state index in [-0.39, 0.29) is 17.0 Å². The number of rotatable bonds is 4. The van der Waals surface area contributed by atoms with E-state index in [0.717, 1.165) is 10.5 Å². The standard InChI is InChI=1S/C18H11BrN4O3/c19-12-4-6-13(7-5-12)26-17-14(9-11(10-20)16(21)24)18(25)23-8-2-1-3-15(23)22-17/h1-9H,(H2,21,24)/b11-9+. The van der Waals surface area contributed by atoms with Gasteiger partial charge in [-0.2, -0.15) is 10.2 Å². The second-order valence-electron chi connectivity index (χ2n) is 5.15. The summed E-state index contributed by atoms with van der Waals surface area (Å²) in [5.74, 6) is -0.537. The first-order valence-electron chi connectivity index (χ1n) is 7.36. The van der Waals surface area contributed by atoms with Gasteiger partial charge in [0, 0.05) is 10.7 Å². The van der Waals surface area contributed by atoms with Crippen LogP contribution in [0, 0.1) is 11.3 Å². The highest BCUT2D eigenvalue weighted by Crippen LogP contribution is 2.25. The van der Waals surface area contributed by atoms with Crippen molar-refractivity contribution < 1.29 is 9.53 Å². The first-order valence-corrected chi connectivity index (χ1v) is 8.15. The van der Waals surface area contributed by atoms with E-state index in [2.05, 4.69) is 20.9 Å². The Labute approximate surface area is 156 Å². The van der Waals surface area contributed by atoms with Crippen molar-refractivity contribution in [1.29, 1.82) is 5.26 Å². The Hall–Kier alpha value is -3.44. The Kier molecular flexibility index (Phi) is 4.82. The van der Waals surface area contributed by atoms with Gasteiger partial charge in [-0.3, -0.25) is 14.0 Å². The molecule has 8 heteroatoms. The summed E-state index contributed by atoms with van der Waals surface area (Å²) in [7, 11) is 0. The molecule has 26 heavy (non-hydrogen) atoms. The predicted octanol–water partition coefficient (Wildman–Crippen LogP) is 2.64. The molecule has 0 atom stereocenters. The van der Waals surface area contributed by atoms with E-state index in [4.69, 9.17) is 15.7 Å². The fourth-order valence-electron chi connectivity index (χ4n) is 2.20. The van der Waals surface area contributed by atoms with E-state index in [0.29, 0.717) is 11.4 Å². The summed E-state index contributed by atoms with van der Waals surface area (Å²) in [6, 6.07) is 13.6. The molecule has 0 saturated heterocycles. The van der Waals surface area contributed by atoms with Crippen molar-refractivity contribution in [1.82, 2.24) is 9.38 Å². The number of amides is 1. The van der Waals surface area contributed by atoms with Crippen LogP contribution in [0.4, 0.5) is 0 Å². The van der Waals surface area contributed by atoms with Crippen molar-refractivity contribution >= 4 is 33.6 Å². The van der Waals surface area contributed by atoms with Gasteiger partial charge in [-0.1, -0.05) is 22.0 Å². The van der Waals surface area contributed by atoms with Crippen LogP contribution in [0.15, 0.2) is 63.5 Å². The van der Waals surface area contributed by atoms with Crippen LogP contribution in [0.5, 0.6) is 11.6 Å². The van der Waals surface area contributed by atoms with Crippen LogP contribution >= 0.6 is 15.9 Å². The highest BCUT2D eigenvalue weighted by atomic mass is 79.9. The Morgan fingerprint density at radius 1 is 1.27 bits per heavy atom. The van der Waals surface area contributed by atoms with Crippen LogP contribution in [0.25, 0.3) is 11.7 Å². The second kappa shape index (κ2) is 7.21. The SMILES string of the molecule is N#C/C(=C\c1c(Oc2ccc(Br)cc2)nc2ccccn2c1=O)C(N)=O. The van der Waals surface area contributed by atoms with Crippen LogP contribution in [0.2, 0.25) is 0 Å². The van der Waals surface area contributed by atoms with Crippen molar-refractivity contribution in [2.75, 3.05) is 0 Å². The minimum Gasteiger partial charge on any atom is -0.438 e. The fourth-order valence-corrected chi connectivity index (χ4v) is 2.47. The van der Waals surface area contributed by atoms with Crippen molar-refractivity contribution in [3.8, 4) is 17.7 Å². The average molecular weight is 411 g/mol. The lowest BCUT2D eigenvalue weighted by Gasteiger charge is -2.10. The number of nitriles is 1. The monoisotopic (exact) mass is 410 g/mol. The van der Waals surface area contributed by atoms with Gasteiger partial charge < -0.3 is 10.5 Å². The molecule has 0 aliphatic heterocycles. The molecular weight excluding hydrogens is 400 g/mol. The zero-order chi connectivity index (χ0) is 18.7. The lowest BCUT2D eigenvalue weighted by Crippen LogP contribution is -2.20. The van der Waals surface area contributed by atoms with E-state index < -0.39 is 11.5 Å². The molecule has 0 fully saturated rings. The third kappa shape index (κ3) is 3.48. The summed E-state index contributed by atoms with van der Waals surface area (Å²) >= 11 is 3.33. The fraction of sp³-hybridized carbons (Fsp3) is 0. The molecule has 0 saturated carbocycles. The van der Waals surface area contributed by atoms with Gasteiger partial charge in [0.15, 0.2) is 0 Å². The van der Waals surface area contributed by atoms with Gasteiger partial charge in [0.05, 0.1) is 0 Å². The molecule has 3 aromatic rings. The number of hydrogen-bond donors (Lipinski definition) is 1. The Balaban J connectivity index is 2.24. The number of nitrogens with two attached hydrogens (primary N) is 1. The highest BCUT2D eigenvalue weighted by molar-refractivity contribution is 9.10. The van der Waals surface area contributed by atoms with E-state index in [1.54, 1.807) is 48.5 Å². The number of benzene rings is 1. The molecule has 7 nitrogen and oxygen atoms in total. The average Bonchev–Trinajstić information content (AvgIpc) is 2.63. The third-order valence-electron chi connectivity index (χ3n) is 3.44. The maximum Gasteiger partial charge on any atom is 0.269 e. The van der Waals surface area contributed by atoms with E-state index in [9.17, 15) is 9.59 Å². The Morgan fingerprint density at radius 3 is 2.65 bits per heavy atom. The highest BCUT2D eigenvalue weighted by Gasteiger charge is 2.16. The summed E-state index contributed by atoms with van der Waals surface area (Å²) in [5.41, 5.74) is 4.62. The van der Waals surface area contributed by atoms with Crippen molar-refractivity contribution in [3.05, 3.63) is 74.6 Å². The minimum atomic E-state index is -0.945. The molecule has 2 heterocycles. The number of halogens is 1. The number of primary amides is 1. The smallest absolute Gasteiger partial charge is 0.269 e. The van der Waals surface area contributed by atoms with E-state index >= 15 is 0 Å². The zero-order valence-electron chi connectivity index (χ0n) is 13.2. The molecule has 1 aromatic carbocycles. The molecule has 3 rings (SSSR count). The van der Waals surface area contributed by atoms with Crippen LogP contribution in [-0.4, -0.2) is 15.3 Å². The predicted molar refractivity (Wildman–Crippen MR) is 98.5 cm³/mol. The third-order valence-corrected chi connectivity index (χ3v) is 3.97. The van der Waals surface area contributed by atoms with Crippen molar-refractivity contribution in [3.63, 3.8) is 0 Å². The van der Waals surface area contributed by atoms with E-state index in [1.165, 1.54) is 10.6 Å². The molecule has 0 unspecified atom stereocenters. The number of carbonyl (C=O) groups is 1.